The van der Waals surface area contributed by atoms with E-state index in [1.54, 1.807) is 0 Å². The van der Waals surface area contributed by atoms with Crippen LogP contribution in [-0.2, 0) is 0 Å². The fourth-order valence-corrected chi connectivity index (χ4v) is 2.19. The van der Waals surface area contributed by atoms with Crippen molar-refractivity contribution >= 4 is 0 Å². The van der Waals surface area contributed by atoms with Crippen LogP contribution in [0.25, 0.3) is 0 Å². The lowest BCUT2D eigenvalue weighted by atomic mass is 9.79. The minimum absolute atomic E-state index is 0.0782. The number of allylic oxidation sites excluding steroid dienone is 1. The topological polar surface area (TPSA) is 20.2 Å². The first-order valence-corrected chi connectivity index (χ1v) is 5.53. The Labute approximate surface area is 81.9 Å². The third kappa shape index (κ3) is 3.51. The smallest absolute Gasteiger partial charge is 0.0571 e. The molecule has 0 aromatic rings. The number of hydrogen-bond acceptors (Lipinski definition) is 1. The van der Waals surface area contributed by atoms with Crippen LogP contribution in [-0.4, -0.2) is 11.2 Å². The second-order valence-electron chi connectivity index (χ2n) is 4.45. The Balaban J connectivity index is 2.22. The van der Waals surface area contributed by atoms with Gasteiger partial charge in [0.1, 0.15) is 0 Å². The summed E-state index contributed by atoms with van der Waals surface area (Å²) in [5.41, 5.74) is 0. The first-order chi connectivity index (χ1) is 6.24. The lowest BCUT2D eigenvalue weighted by molar-refractivity contribution is 0.0696. The molecule has 1 aliphatic carbocycles. The van der Waals surface area contributed by atoms with Gasteiger partial charge in [0.05, 0.1) is 6.10 Å². The average Bonchev–Trinajstić information content (AvgIpc) is 2.15. The van der Waals surface area contributed by atoms with E-state index in [9.17, 15) is 5.11 Å². The highest BCUT2D eigenvalue weighted by Gasteiger charge is 2.23. The molecule has 0 bridgehead atoms. The van der Waals surface area contributed by atoms with Crippen molar-refractivity contribution < 1.29 is 5.11 Å². The van der Waals surface area contributed by atoms with Crippen molar-refractivity contribution in [2.45, 2.75) is 51.6 Å². The molecule has 1 atom stereocenters. The van der Waals surface area contributed by atoms with E-state index in [4.69, 9.17) is 0 Å². The maximum Gasteiger partial charge on any atom is 0.0571 e. The molecule has 0 heterocycles. The minimum atomic E-state index is -0.0782. The van der Waals surface area contributed by atoms with Crippen LogP contribution < -0.4 is 0 Å². The van der Waals surface area contributed by atoms with Crippen LogP contribution in [0, 0.1) is 11.8 Å². The van der Waals surface area contributed by atoms with Crippen molar-refractivity contribution in [1.29, 1.82) is 0 Å². The summed E-state index contributed by atoms with van der Waals surface area (Å²) in [6.07, 6.45) is 8.72. The highest BCUT2D eigenvalue weighted by Crippen LogP contribution is 2.31. The SMILES string of the molecule is C=CCCC(O)C1CCC(C)CC1. The highest BCUT2D eigenvalue weighted by molar-refractivity contribution is 4.78. The zero-order valence-corrected chi connectivity index (χ0v) is 8.71. The summed E-state index contributed by atoms with van der Waals surface area (Å²) >= 11 is 0. The van der Waals surface area contributed by atoms with E-state index >= 15 is 0 Å². The maximum atomic E-state index is 9.84. The second-order valence-corrected chi connectivity index (χ2v) is 4.45. The molecule has 1 rings (SSSR count). The molecule has 1 fully saturated rings. The summed E-state index contributed by atoms with van der Waals surface area (Å²) in [4.78, 5) is 0. The Hall–Kier alpha value is -0.300. The molecule has 0 aromatic carbocycles. The molecule has 0 aliphatic heterocycles. The largest absolute Gasteiger partial charge is 0.393 e. The summed E-state index contributed by atoms with van der Waals surface area (Å²) < 4.78 is 0. The molecule has 13 heavy (non-hydrogen) atoms. The summed E-state index contributed by atoms with van der Waals surface area (Å²) in [5, 5.41) is 9.84. The molecule has 1 nitrogen and oxygen atoms in total. The first-order valence-electron chi connectivity index (χ1n) is 5.53. The molecule has 76 valence electrons. The van der Waals surface area contributed by atoms with Crippen molar-refractivity contribution in [2.75, 3.05) is 0 Å². The molecular formula is C12H22O. The van der Waals surface area contributed by atoms with Gasteiger partial charge in [0.15, 0.2) is 0 Å². The molecule has 1 saturated carbocycles. The lowest BCUT2D eigenvalue weighted by Crippen LogP contribution is -2.24. The van der Waals surface area contributed by atoms with E-state index < -0.39 is 0 Å². The molecular weight excluding hydrogens is 160 g/mol. The zero-order valence-electron chi connectivity index (χ0n) is 8.71. The molecule has 1 unspecified atom stereocenters. The third-order valence-corrected chi connectivity index (χ3v) is 3.27. The van der Waals surface area contributed by atoms with Crippen LogP contribution in [0.4, 0.5) is 0 Å². The molecule has 1 N–H and O–H groups in total. The van der Waals surface area contributed by atoms with Crippen LogP contribution in [0.1, 0.15) is 45.4 Å². The van der Waals surface area contributed by atoms with Gasteiger partial charge in [0.25, 0.3) is 0 Å². The summed E-state index contributed by atoms with van der Waals surface area (Å²) in [6.45, 7) is 5.99. The standard InChI is InChI=1S/C12H22O/c1-3-4-5-12(13)11-8-6-10(2)7-9-11/h3,10-13H,1,4-9H2,2H3. The minimum Gasteiger partial charge on any atom is -0.393 e. The van der Waals surface area contributed by atoms with Crippen molar-refractivity contribution in [2.24, 2.45) is 11.8 Å². The quantitative estimate of drug-likeness (QED) is 0.662. The van der Waals surface area contributed by atoms with Gasteiger partial charge in [-0.2, -0.15) is 0 Å². The Morgan fingerprint density at radius 1 is 1.38 bits per heavy atom. The van der Waals surface area contributed by atoms with Crippen LogP contribution in [0.5, 0.6) is 0 Å². The Kier molecular flexibility index (Phi) is 4.51. The predicted molar refractivity (Wildman–Crippen MR) is 56.6 cm³/mol. The van der Waals surface area contributed by atoms with E-state index in [2.05, 4.69) is 13.5 Å². The van der Waals surface area contributed by atoms with Crippen molar-refractivity contribution in [3.05, 3.63) is 12.7 Å². The number of aliphatic hydroxyl groups excluding tert-OH is 1. The van der Waals surface area contributed by atoms with Crippen molar-refractivity contribution in [1.82, 2.24) is 0 Å². The summed E-state index contributed by atoms with van der Waals surface area (Å²) in [6, 6.07) is 0. The van der Waals surface area contributed by atoms with Crippen LogP contribution in [0.15, 0.2) is 12.7 Å². The van der Waals surface area contributed by atoms with Gasteiger partial charge in [0, 0.05) is 0 Å². The van der Waals surface area contributed by atoms with E-state index in [-0.39, 0.29) is 6.10 Å². The number of aliphatic hydroxyl groups is 1. The molecule has 0 saturated heterocycles. The monoisotopic (exact) mass is 182 g/mol. The molecule has 1 aliphatic rings. The fourth-order valence-electron chi connectivity index (χ4n) is 2.19. The van der Waals surface area contributed by atoms with Gasteiger partial charge in [0.2, 0.25) is 0 Å². The Morgan fingerprint density at radius 2 is 2.00 bits per heavy atom. The van der Waals surface area contributed by atoms with E-state index in [0.29, 0.717) is 5.92 Å². The van der Waals surface area contributed by atoms with Gasteiger partial charge in [-0.3, -0.25) is 0 Å². The van der Waals surface area contributed by atoms with Crippen LogP contribution in [0.2, 0.25) is 0 Å². The van der Waals surface area contributed by atoms with Crippen LogP contribution >= 0.6 is 0 Å². The Morgan fingerprint density at radius 3 is 2.54 bits per heavy atom. The highest BCUT2D eigenvalue weighted by atomic mass is 16.3. The number of hydrogen-bond donors (Lipinski definition) is 1. The van der Waals surface area contributed by atoms with Gasteiger partial charge in [-0.25, -0.2) is 0 Å². The molecule has 1 heteroatoms. The molecule has 0 radical (unpaired) electrons. The Bertz CT molecular complexity index is 145. The normalized spacial score (nSPS) is 31.2. The lowest BCUT2D eigenvalue weighted by Gasteiger charge is -2.29. The van der Waals surface area contributed by atoms with E-state index in [1.807, 2.05) is 6.08 Å². The predicted octanol–water partition coefficient (Wildman–Crippen LogP) is 3.14. The van der Waals surface area contributed by atoms with Gasteiger partial charge in [-0.05, 0) is 37.5 Å². The van der Waals surface area contributed by atoms with Gasteiger partial charge in [-0.15, -0.1) is 6.58 Å². The van der Waals surface area contributed by atoms with Gasteiger partial charge >= 0.3 is 0 Å². The molecule has 0 amide bonds. The van der Waals surface area contributed by atoms with Crippen molar-refractivity contribution in [3.63, 3.8) is 0 Å². The second kappa shape index (κ2) is 5.43. The van der Waals surface area contributed by atoms with E-state index in [0.717, 1.165) is 18.8 Å². The summed E-state index contributed by atoms with van der Waals surface area (Å²) in [7, 11) is 0. The number of rotatable bonds is 4. The fraction of sp³-hybridized carbons (Fsp3) is 0.833. The summed E-state index contributed by atoms with van der Waals surface area (Å²) in [5.74, 6) is 1.44. The third-order valence-electron chi connectivity index (χ3n) is 3.27. The zero-order chi connectivity index (χ0) is 9.68. The van der Waals surface area contributed by atoms with E-state index in [1.165, 1.54) is 25.7 Å². The van der Waals surface area contributed by atoms with Gasteiger partial charge in [-0.1, -0.05) is 25.8 Å². The molecule has 0 aromatic heterocycles. The maximum absolute atomic E-state index is 9.84. The average molecular weight is 182 g/mol. The van der Waals surface area contributed by atoms with Gasteiger partial charge < -0.3 is 5.11 Å². The van der Waals surface area contributed by atoms with Crippen LogP contribution in [0.3, 0.4) is 0 Å². The van der Waals surface area contributed by atoms with Crippen molar-refractivity contribution in [3.8, 4) is 0 Å². The molecule has 0 spiro atoms. The first kappa shape index (κ1) is 10.8.